The molecule has 0 saturated carbocycles. The molecule has 1 heterocycles. The predicted octanol–water partition coefficient (Wildman–Crippen LogP) is 1.07. The van der Waals surface area contributed by atoms with Crippen molar-refractivity contribution in [1.29, 1.82) is 0 Å². The lowest BCUT2D eigenvalue weighted by Crippen LogP contribution is -2.11. The molecule has 0 bridgehead atoms. The molecule has 0 aromatic heterocycles. The maximum Gasteiger partial charge on any atom is 0.289 e. The number of aliphatic imine (C=N–C) groups is 1. The molecule has 0 spiro atoms. The van der Waals surface area contributed by atoms with Gasteiger partial charge in [-0.2, -0.15) is 0 Å². The van der Waals surface area contributed by atoms with E-state index < -0.39 is 0 Å². The first-order valence-corrected chi connectivity index (χ1v) is 4.14. The molecule has 1 aliphatic heterocycles. The third-order valence-corrected chi connectivity index (χ3v) is 1.75. The fraction of sp³-hybridized carbons (Fsp3) is 0.222. The fourth-order valence-corrected chi connectivity index (χ4v) is 1.10. The van der Waals surface area contributed by atoms with E-state index in [1.807, 2.05) is 24.3 Å². The maximum atomic E-state index is 5.55. The van der Waals surface area contributed by atoms with Crippen LogP contribution in [0.1, 0.15) is 0 Å². The van der Waals surface area contributed by atoms with Crippen molar-refractivity contribution < 1.29 is 4.74 Å². The Kier molecular flexibility index (Phi) is 2.04. The Bertz CT molecular complexity index is 318. The van der Waals surface area contributed by atoms with Gasteiger partial charge in [-0.05, 0) is 24.3 Å². The maximum absolute atomic E-state index is 5.55. The van der Waals surface area contributed by atoms with E-state index in [1.54, 1.807) is 0 Å². The molecular weight excluding hydrogens is 166 g/mol. The summed E-state index contributed by atoms with van der Waals surface area (Å²) in [5.74, 6) is 0. The Hall–Kier alpha value is -1.71. The zero-order valence-electron chi connectivity index (χ0n) is 7.16. The molecule has 3 N–H and O–H groups in total. The lowest BCUT2D eigenvalue weighted by atomic mass is 10.3. The summed E-state index contributed by atoms with van der Waals surface area (Å²) in [6.45, 7) is 1.40. The minimum Gasteiger partial charge on any atom is -0.463 e. The van der Waals surface area contributed by atoms with Gasteiger partial charge in [0.15, 0.2) is 0 Å². The van der Waals surface area contributed by atoms with Crippen molar-refractivity contribution in [3.05, 3.63) is 24.3 Å². The van der Waals surface area contributed by atoms with E-state index in [4.69, 9.17) is 10.5 Å². The van der Waals surface area contributed by atoms with E-state index in [0.717, 1.165) is 17.9 Å². The quantitative estimate of drug-likeness (QED) is 0.631. The normalized spacial score (nSPS) is 14.9. The van der Waals surface area contributed by atoms with E-state index in [2.05, 4.69) is 10.3 Å². The van der Waals surface area contributed by atoms with Crippen LogP contribution in [0, 0.1) is 0 Å². The number of hydrogen-bond acceptors (Lipinski definition) is 4. The number of ether oxygens (including phenoxy) is 1. The lowest BCUT2D eigenvalue weighted by Gasteiger charge is -2.04. The van der Waals surface area contributed by atoms with Crippen LogP contribution in [0.3, 0.4) is 0 Å². The van der Waals surface area contributed by atoms with Crippen LogP contribution in [0.25, 0.3) is 0 Å². The van der Waals surface area contributed by atoms with Gasteiger partial charge in [-0.1, -0.05) is 0 Å². The number of hydrogen-bond donors (Lipinski definition) is 2. The second-order valence-electron chi connectivity index (χ2n) is 2.78. The Balaban J connectivity index is 2.05. The number of rotatable bonds is 1. The number of nitrogens with zero attached hydrogens (tertiary/aromatic N) is 1. The van der Waals surface area contributed by atoms with Crippen molar-refractivity contribution in [3.8, 4) is 0 Å². The highest BCUT2D eigenvalue weighted by Gasteiger charge is 2.06. The second kappa shape index (κ2) is 3.35. The number of nitrogens with one attached hydrogen (secondary N) is 1. The van der Waals surface area contributed by atoms with Gasteiger partial charge in [-0.3, -0.25) is 0 Å². The third kappa shape index (κ3) is 1.90. The average Bonchev–Trinajstić information content (AvgIpc) is 2.62. The van der Waals surface area contributed by atoms with E-state index in [0.29, 0.717) is 12.6 Å². The van der Waals surface area contributed by atoms with Crippen LogP contribution in [0.2, 0.25) is 0 Å². The van der Waals surface area contributed by atoms with Gasteiger partial charge in [0, 0.05) is 11.4 Å². The van der Waals surface area contributed by atoms with Crippen LogP contribution < -0.4 is 11.1 Å². The van der Waals surface area contributed by atoms with Gasteiger partial charge in [0.2, 0.25) is 0 Å². The van der Waals surface area contributed by atoms with Crippen LogP contribution in [0.5, 0.6) is 0 Å². The van der Waals surface area contributed by atoms with Crippen molar-refractivity contribution in [2.24, 2.45) is 4.99 Å². The third-order valence-electron chi connectivity index (χ3n) is 1.75. The van der Waals surface area contributed by atoms with Gasteiger partial charge in [-0.15, -0.1) is 0 Å². The van der Waals surface area contributed by atoms with Crippen LogP contribution in [-0.4, -0.2) is 19.2 Å². The molecule has 0 atom stereocenters. The first-order valence-electron chi connectivity index (χ1n) is 4.14. The van der Waals surface area contributed by atoms with Crippen LogP contribution in [0.4, 0.5) is 11.4 Å². The molecule has 0 fully saturated rings. The van der Waals surface area contributed by atoms with Crippen LogP contribution in [-0.2, 0) is 4.74 Å². The number of anilines is 2. The van der Waals surface area contributed by atoms with E-state index in [1.165, 1.54) is 0 Å². The molecule has 4 heteroatoms. The highest BCUT2D eigenvalue weighted by Crippen LogP contribution is 2.11. The van der Waals surface area contributed by atoms with E-state index in [9.17, 15) is 0 Å². The second-order valence-corrected chi connectivity index (χ2v) is 2.78. The average molecular weight is 177 g/mol. The molecule has 1 aliphatic rings. The first-order chi connectivity index (χ1) is 6.34. The van der Waals surface area contributed by atoms with Gasteiger partial charge >= 0.3 is 0 Å². The minimum absolute atomic E-state index is 0.588. The predicted molar refractivity (Wildman–Crippen MR) is 52.7 cm³/mol. The molecule has 2 rings (SSSR count). The molecule has 0 saturated heterocycles. The summed E-state index contributed by atoms with van der Waals surface area (Å²) < 4.78 is 5.19. The molecule has 13 heavy (non-hydrogen) atoms. The number of benzene rings is 1. The summed E-state index contributed by atoms with van der Waals surface area (Å²) in [4.78, 5) is 4.11. The van der Waals surface area contributed by atoms with E-state index >= 15 is 0 Å². The number of nitrogens with two attached hydrogens (primary N) is 1. The zero-order valence-corrected chi connectivity index (χ0v) is 7.16. The minimum atomic E-state index is 0.588. The molecule has 4 nitrogen and oxygen atoms in total. The summed E-state index contributed by atoms with van der Waals surface area (Å²) in [6.07, 6.45) is 0. The molecule has 0 aliphatic carbocycles. The van der Waals surface area contributed by atoms with E-state index in [-0.39, 0.29) is 0 Å². The summed E-state index contributed by atoms with van der Waals surface area (Å²) >= 11 is 0. The Labute approximate surface area is 76.4 Å². The van der Waals surface area contributed by atoms with Gasteiger partial charge in [-0.25, -0.2) is 4.99 Å². The Morgan fingerprint density at radius 1 is 1.31 bits per heavy atom. The first kappa shape index (κ1) is 7.91. The SMILES string of the molecule is Nc1ccc(NC2=NCCO2)cc1. The van der Waals surface area contributed by atoms with Crippen molar-refractivity contribution >= 4 is 17.4 Å². The summed E-state index contributed by atoms with van der Waals surface area (Å²) in [5.41, 5.74) is 7.24. The lowest BCUT2D eigenvalue weighted by molar-refractivity contribution is 0.346. The van der Waals surface area contributed by atoms with Crippen molar-refractivity contribution in [2.75, 3.05) is 24.2 Å². The molecule has 0 amide bonds. The van der Waals surface area contributed by atoms with Crippen molar-refractivity contribution in [2.45, 2.75) is 0 Å². The van der Waals surface area contributed by atoms with Gasteiger partial charge in [0.1, 0.15) is 6.61 Å². The highest BCUT2D eigenvalue weighted by molar-refractivity contribution is 5.89. The van der Waals surface area contributed by atoms with Gasteiger partial charge in [0.25, 0.3) is 6.02 Å². The smallest absolute Gasteiger partial charge is 0.289 e. The summed E-state index contributed by atoms with van der Waals surface area (Å²) in [6, 6.07) is 8.03. The molecule has 0 radical (unpaired) electrons. The number of nitrogen functional groups attached to an aromatic ring is 1. The monoisotopic (exact) mass is 177 g/mol. The molecule has 68 valence electrons. The molecular formula is C9H11N3O. The summed E-state index contributed by atoms with van der Waals surface area (Å²) in [5, 5.41) is 3.04. The molecule has 0 unspecified atom stereocenters. The van der Waals surface area contributed by atoms with Crippen molar-refractivity contribution in [1.82, 2.24) is 0 Å². The highest BCUT2D eigenvalue weighted by atomic mass is 16.5. The zero-order chi connectivity index (χ0) is 9.10. The molecule has 1 aromatic carbocycles. The molecule has 1 aromatic rings. The fourth-order valence-electron chi connectivity index (χ4n) is 1.10. The summed E-state index contributed by atoms with van der Waals surface area (Å²) in [7, 11) is 0. The van der Waals surface area contributed by atoms with Gasteiger partial charge < -0.3 is 15.8 Å². The largest absolute Gasteiger partial charge is 0.463 e. The topological polar surface area (TPSA) is 59.6 Å². The van der Waals surface area contributed by atoms with Crippen LogP contribution >= 0.6 is 0 Å². The van der Waals surface area contributed by atoms with Gasteiger partial charge in [0.05, 0.1) is 6.54 Å². The standard InChI is InChI=1S/C9H11N3O/c10-7-1-3-8(4-2-7)12-9-11-5-6-13-9/h1-4H,5-6,10H2,(H,11,12). The number of amidine groups is 1. The Morgan fingerprint density at radius 2 is 2.08 bits per heavy atom. The van der Waals surface area contributed by atoms with Crippen molar-refractivity contribution in [3.63, 3.8) is 0 Å². The Morgan fingerprint density at radius 3 is 2.69 bits per heavy atom. The van der Waals surface area contributed by atoms with Crippen LogP contribution in [0.15, 0.2) is 29.3 Å².